The smallest absolute Gasteiger partial charge is 0.257 e. The molecule has 19 heavy (non-hydrogen) atoms. The molecule has 1 aromatic heterocycles. The maximum Gasteiger partial charge on any atom is 0.257 e. The minimum atomic E-state index is -0.576. The van der Waals surface area contributed by atoms with E-state index < -0.39 is 5.82 Å². The number of carbonyl (C=O) groups is 1. The molecule has 2 heterocycles. The molecule has 1 N–H and O–H groups in total. The summed E-state index contributed by atoms with van der Waals surface area (Å²) >= 11 is 0. The fraction of sp³-hybridized carbons (Fsp3) is 0.538. The Morgan fingerprint density at radius 3 is 2.68 bits per heavy atom. The molecule has 0 unspecified atom stereocenters. The lowest BCUT2D eigenvalue weighted by Crippen LogP contribution is -2.48. The van der Waals surface area contributed by atoms with Crippen molar-refractivity contribution in [1.82, 2.24) is 14.8 Å². The zero-order valence-electron chi connectivity index (χ0n) is 11.3. The molecule has 1 amide bonds. The average Bonchev–Trinajstić information content (AvgIpc) is 2.47. The zero-order valence-corrected chi connectivity index (χ0v) is 11.3. The van der Waals surface area contributed by atoms with E-state index in [0.29, 0.717) is 13.1 Å². The molecule has 0 saturated carbocycles. The number of aromatic nitrogens is 1. The van der Waals surface area contributed by atoms with Crippen molar-refractivity contribution < 1.29 is 9.18 Å². The van der Waals surface area contributed by atoms with Crippen molar-refractivity contribution in [3.8, 4) is 0 Å². The van der Waals surface area contributed by atoms with Gasteiger partial charge >= 0.3 is 0 Å². The van der Waals surface area contributed by atoms with Crippen LogP contribution < -0.4 is 5.32 Å². The molecule has 1 aliphatic rings. The summed E-state index contributed by atoms with van der Waals surface area (Å²) in [6.45, 7) is 6.04. The van der Waals surface area contributed by atoms with E-state index in [0.717, 1.165) is 19.6 Å². The Labute approximate surface area is 112 Å². The number of halogens is 1. The SMILES string of the molecule is CCN1CCN(C(=O)c2ccnc(NC)c2F)CC1. The summed E-state index contributed by atoms with van der Waals surface area (Å²) in [4.78, 5) is 20.1. The molecule has 1 fully saturated rings. The molecule has 0 spiro atoms. The van der Waals surface area contributed by atoms with Crippen molar-refractivity contribution >= 4 is 11.7 Å². The molecule has 0 radical (unpaired) electrons. The fourth-order valence-electron chi connectivity index (χ4n) is 2.22. The van der Waals surface area contributed by atoms with Crippen molar-refractivity contribution in [1.29, 1.82) is 0 Å². The Morgan fingerprint density at radius 1 is 1.42 bits per heavy atom. The highest BCUT2D eigenvalue weighted by molar-refractivity contribution is 5.95. The van der Waals surface area contributed by atoms with Gasteiger partial charge in [0.1, 0.15) is 0 Å². The van der Waals surface area contributed by atoms with Crippen LogP contribution in [0, 0.1) is 5.82 Å². The number of rotatable bonds is 3. The second-order valence-corrected chi connectivity index (χ2v) is 4.50. The molecule has 6 heteroatoms. The van der Waals surface area contributed by atoms with Crippen LogP contribution in [0.2, 0.25) is 0 Å². The highest BCUT2D eigenvalue weighted by atomic mass is 19.1. The number of amides is 1. The van der Waals surface area contributed by atoms with Gasteiger partial charge in [0, 0.05) is 39.4 Å². The third kappa shape index (κ3) is 2.84. The number of anilines is 1. The lowest BCUT2D eigenvalue weighted by molar-refractivity contribution is 0.0639. The lowest BCUT2D eigenvalue weighted by Gasteiger charge is -2.34. The summed E-state index contributed by atoms with van der Waals surface area (Å²) in [5, 5.41) is 2.64. The van der Waals surface area contributed by atoms with E-state index in [1.807, 2.05) is 0 Å². The van der Waals surface area contributed by atoms with E-state index in [2.05, 4.69) is 22.1 Å². The van der Waals surface area contributed by atoms with Crippen LogP contribution in [0.1, 0.15) is 17.3 Å². The Hall–Kier alpha value is -1.69. The zero-order chi connectivity index (χ0) is 13.8. The molecule has 1 saturated heterocycles. The van der Waals surface area contributed by atoms with Gasteiger partial charge in [-0.25, -0.2) is 9.37 Å². The van der Waals surface area contributed by atoms with E-state index in [-0.39, 0.29) is 17.3 Å². The number of likely N-dealkylation sites (N-methyl/N-ethyl adjacent to an activating group) is 1. The van der Waals surface area contributed by atoms with Crippen LogP contribution in [-0.4, -0.2) is 60.5 Å². The topological polar surface area (TPSA) is 48.5 Å². The average molecular weight is 266 g/mol. The molecule has 0 aliphatic carbocycles. The molecule has 2 rings (SSSR count). The maximum atomic E-state index is 14.0. The van der Waals surface area contributed by atoms with Crippen LogP contribution in [0.25, 0.3) is 0 Å². The number of pyridine rings is 1. The second kappa shape index (κ2) is 5.97. The predicted molar refractivity (Wildman–Crippen MR) is 71.8 cm³/mol. The third-order valence-electron chi connectivity index (χ3n) is 3.46. The Kier molecular flexibility index (Phi) is 4.31. The quantitative estimate of drug-likeness (QED) is 0.888. The Balaban J connectivity index is 2.12. The summed E-state index contributed by atoms with van der Waals surface area (Å²) in [5.74, 6) is -0.724. The van der Waals surface area contributed by atoms with Crippen LogP contribution in [0.4, 0.5) is 10.2 Å². The van der Waals surface area contributed by atoms with Gasteiger partial charge in [-0.3, -0.25) is 4.79 Å². The molecule has 0 bridgehead atoms. The van der Waals surface area contributed by atoms with Gasteiger partial charge < -0.3 is 15.1 Å². The van der Waals surface area contributed by atoms with Gasteiger partial charge in [0.15, 0.2) is 11.6 Å². The fourth-order valence-corrected chi connectivity index (χ4v) is 2.22. The van der Waals surface area contributed by atoms with Gasteiger partial charge in [0.05, 0.1) is 5.56 Å². The van der Waals surface area contributed by atoms with E-state index in [4.69, 9.17) is 0 Å². The van der Waals surface area contributed by atoms with E-state index >= 15 is 0 Å². The number of nitrogens with zero attached hydrogens (tertiary/aromatic N) is 3. The number of hydrogen-bond acceptors (Lipinski definition) is 4. The molecule has 104 valence electrons. The lowest BCUT2D eigenvalue weighted by atomic mass is 10.2. The first-order valence-corrected chi connectivity index (χ1v) is 6.51. The van der Waals surface area contributed by atoms with Crippen LogP contribution >= 0.6 is 0 Å². The van der Waals surface area contributed by atoms with Gasteiger partial charge in [-0.15, -0.1) is 0 Å². The van der Waals surface area contributed by atoms with Crippen LogP contribution in [0.5, 0.6) is 0 Å². The Bertz CT molecular complexity index is 458. The second-order valence-electron chi connectivity index (χ2n) is 4.50. The summed E-state index contributed by atoms with van der Waals surface area (Å²) in [5.41, 5.74) is 0.0873. The monoisotopic (exact) mass is 266 g/mol. The standard InChI is InChI=1S/C13H19FN4O/c1-3-17-6-8-18(9-7-17)13(19)10-4-5-16-12(15-2)11(10)14/h4-5H,3,6-9H2,1-2H3,(H,15,16). The van der Waals surface area contributed by atoms with Crippen LogP contribution in [0.3, 0.4) is 0 Å². The molecular weight excluding hydrogens is 247 g/mol. The summed E-state index contributed by atoms with van der Waals surface area (Å²) in [7, 11) is 1.58. The van der Waals surface area contributed by atoms with E-state index in [1.54, 1.807) is 11.9 Å². The van der Waals surface area contributed by atoms with Crippen molar-refractivity contribution in [3.05, 3.63) is 23.6 Å². The molecular formula is C13H19FN4O. The molecule has 1 aliphatic heterocycles. The normalized spacial score (nSPS) is 16.5. The first-order chi connectivity index (χ1) is 9.17. The van der Waals surface area contributed by atoms with Gasteiger partial charge in [0.25, 0.3) is 5.91 Å². The summed E-state index contributed by atoms with van der Waals surface area (Å²) in [6, 6.07) is 1.44. The number of carbonyl (C=O) groups excluding carboxylic acids is 1. The first kappa shape index (κ1) is 13.7. The van der Waals surface area contributed by atoms with Crippen molar-refractivity contribution in [2.45, 2.75) is 6.92 Å². The van der Waals surface area contributed by atoms with Crippen molar-refractivity contribution in [3.63, 3.8) is 0 Å². The van der Waals surface area contributed by atoms with E-state index in [9.17, 15) is 9.18 Å². The molecule has 0 atom stereocenters. The van der Waals surface area contributed by atoms with Gasteiger partial charge in [-0.1, -0.05) is 6.92 Å². The van der Waals surface area contributed by atoms with Crippen molar-refractivity contribution in [2.75, 3.05) is 45.1 Å². The maximum absolute atomic E-state index is 14.0. The first-order valence-electron chi connectivity index (χ1n) is 6.51. The Morgan fingerprint density at radius 2 is 2.11 bits per heavy atom. The summed E-state index contributed by atoms with van der Waals surface area (Å²) in [6.07, 6.45) is 1.45. The highest BCUT2D eigenvalue weighted by Crippen LogP contribution is 2.17. The predicted octanol–water partition coefficient (Wildman–Crippen LogP) is 1.04. The summed E-state index contributed by atoms with van der Waals surface area (Å²) < 4.78 is 14.0. The third-order valence-corrected chi connectivity index (χ3v) is 3.46. The largest absolute Gasteiger partial charge is 0.371 e. The molecule has 1 aromatic rings. The number of piperazine rings is 1. The minimum Gasteiger partial charge on any atom is -0.371 e. The van der Waals surface area contributed by atoms with Gasteiger partial charge in [-0.05, 0) is 12.6 Å². The minimum absolute atomic E-state index is 0.0873. The van der Waals surface area contributed by atoms with Crippen molar-refractivity contribution in [2.24, 2.45) is 0 Å². The van der Waals surface area contributed by atoms with E-state index in [1.165, 1.54) is 12.3 Å². The number of hydrogen-bond donors (Lipinski definition) is 1. The highest BCUT2D eigenvalue weighted by Gasteiger charge is 2.24. The van der Waals surface area contributed by atoms with Crippen LogP contribution in [0.15, 0.2) is 12.3 Å². The molecule has 5 nitrogen and oxygen atoms in total. The molecule has 0 aromatic carbocycles. The van der Waals surface area contributed by atoms with Gasteiger partial charge in [0.2, 0.25) is 0 Å². The van der Waals surface area contributed by atoms with Gasteiger partial charge in [-0.2, -0.15) is 0 Å². The van der Waals surface area contributed by atoms with Crippen LogP contribution in [-0.2, 0) is 0 Å². The number of nitrogens with one attached hydrogen (secondary N) is 1.